The summed E-state index contributed by atoms with van der Waals surface area (Å²) in [5.41, 5.74) is 10.3. The Labute approximate surface area is 101 Å². The molecule has 0 bridgehead atoms. The summed E-state index contributed by atoms with van der Waals surface area (Å²) in [5, 5.41) is 0.775. The fourth-order valence-electron chi connectivity index (χ4n) is 1.69. The number of rotatable bonds is 2. The molecule has 0 amide bonds. The first-order valence-corrected chi connectivity index (χ1v) is 5.62. The highest BCUT2D eigenvalue weighted by Crippen LogP contribution is 2.17. The van der Waals surface area contributed by atoms with Crippen LogP contribution in [0.15, 0.2) is 42.5 Å². The van der Waals surface area contributed by atoms with Crippen molar-refractivity contribution in [3.63, 3.8) is 0 Å². The van der Waals surface area contributed by atoms with Crippen molar-refractivity contribution in [3.8, 4) is 0 Å². The van der Waals surface area contributed by atoms with E-state index in [0.29, 0.717) is 0 Å². The fourth-order valence-corrected chi connectivity index (χ4v) is 1.81. The summed E-state index contributed by atoms with van der Waals surface area (Å²) in [6.45, 7) is 2.03. The third-order valence-corrected chi connectivity index (χ3v) is 2.91. The van der Waals surface area contributed by atoms with Gasteiger partial charge in [-0.3, -0.25) is 0 Å². The zero-order chi connectivity index (χ0) is 11.5. The topological polar surface area (TPSA) is 26.0 Å². The van der Waals surface area contributed by atoms with Gasteiger partial charge in [-0.1, -0.05) is 35.9 Å². The predicted octanol–water partition coefficient (Wildman–Crippen LogP) is 3.82. The van der Waals surface area contributed by atoms with Crippen molar-refractivity contribution in [2.24, 2.45) is 0 Å². The molecule has 16 heavy (non-hydrogen) atoms. The van der Waals surface area contributed by atoms with Crippen LogP contribution in [0.25, 0.3) is 0 Å². The summed E-state index contributed by atoms with van der Waals surface area (Å²) in [7, 11) is 0. The molecule has 0 fully saturated rings. The van der Waals surface area contributed by atoms with Gasteiger partial charge in [0.2, 0.25) is 0 Å². The van der Waals surface area contributed by atoms with Crippen LogP contribution < -0.4 is 5.73 Å². The third-order valence-electron chi connectivity index (χ3n) is 2.66. The zero-order valence-corrected chi connectivity index (χ0v) is 9.96. The monoisotopic (exact) mass is 231 g/mol. The molecule has 2 aromatic rings. The van der Waals surface area contributed by atoms with E-state index in [1.807, 2.05) is 37.3 Å². The maximum absolute atomic E-state index is 5.84. The largest absolute Gasteiger partial charge is 0.399 e. The van der Waals surface area contributed by atoms with Gasteiger partial charge in [0.15, 0.2) is 0 Å². The number of nitrogen functional groups attached to an aromatic ring is 1. The Morgan fingerprint density at radius 2 is 1.62 bits per heavy atom. The van der Waals surface area contributed by atoms with Crippen molar-refractivity contribution >= 4 is 17.3 Å². The van der Waals surface area contributed by atoms with Gasteiger partial charge in [-0.25, -0.2) is 0 Å². The average Bonchev–Trinajstić information content (AvgIpc) is 2.27. The Hall–Kier alpha value is -1.47. The number of hydrogen-bond acceptors (Lipinski definition) is 1. The molecule has 0 saturated heterocycles. The lowest BCUT2D eigenvalue weighted by Gasteiger charge is -2.05. The van der Waals surface area contributed by atoms with Crippen LogP contribution in [0, 0.1) is 6.92 Å². The van der Waals surface area contributed by atoms with Crippen LogP contribution in [0.4, 0.5) is 5.69 Å². The van der Waals surface area contributed by atoms with Crippen molar-refractivity contribution < 1.29 is 0 Å². The number of anilines is 1. The first kappa shape index (κ1) is 11.0. The minimum atomic E-state index is 0.775. The van der Waals surface area contributed by atoms with Crippen LogP contribution in [-0.4, -0.2) is 0 Å². The lowest BCUT2D eigenvalue weighted by Crippen LogP contribution is -1.93. The number of hydrogen-bond donors (Lipinski definition) is 1. The minimum Gasteiger partial charge on any atom is -0.399 e. The molecule has 0 heterocycles. The molecule has 2 heteroatoms. The molecule has 0 aromatic heterocycles. The van der Waals surface area contributed by atoms with Crippen LogP contribution >= 0.6 is 11.6 Å². The number of halogens is 1. The normalized spacial score (nSPS) is 10.4. The van der Waals surface area contributed by atoms with E-state index in [-0.39, 0.29) is 0 Å². The second kappa shape index (κ2) is 4.58. The molecule has 0 aliphatic carbocycles. The molecular weight excluding hydrogens is 218 g/mol. The highest BCUT2D eigenvalue weighted by Gasteiger charge is 1.99. The molecule has 1 nitrogen and oxygen atoms in total. The summed E-state index contributed by atoms with van der Waals surface area (Å²) in [6, 6.07) is 14.1. The maximum atomic E-state index is 5.84. The highest BCUT2D eigenvalue weighted by atomic mass is 35.5. The second-order valence-corrected chi connectivity index (χ2v) is 4.43. The lowest BCUT2D eigenvalue weighted by atomic mass is 10.0. The molecule has 0 atom stereocenters. The van der Waals surface area contributed by atoms with Crippen molar-refractivity contribution in [2.45, 2.75) is 13.3 Å². The van der Waals surface area contributed by atoms with Crippen molar-refractivity contribution in [1.29, 1.82) is 0 Å². The molecule has 2 aromatic carbocycles. The molecule has 0 radical (unpaired) electrons. The lowest BCUT2D eigenvalue weighted by molar-refractivity contribution is 1.18. The van der Waals surface area contributed by atoms with E-state index in [1.165, 1.54) is 11.1 Å². The van der Waals surface area contributed by atoms with Crippen LogP contribution in [0.1, 0.15) is 16.7 Å². The SMILES string of the molecule is Cc1cc(Cc2ccc(Cl)cc2)ccc1N. The molecule has 0 spiro atoms. The van der Waals surface area contributed by atoms with Gasteiger partial charge in [0, 0.05) is 10.7 Å². The Balaban J connectivity index is 2.20. The molecule has 0 aliphatic heterocycles. The summed E-state index contributed by atoms with van der Waals surface area (Å²) in [4.78, 5) is 0. The van der Waals surface area contributed by atoms with Gasteiger partial charge in [0.05, 0.1) is 0 Å². The van der Waals surface area contributed by atoms with E-state index in [2.05, 4.69) is 12.1 Å². The molecule has 2 N–H and O–H groups in total. The fraction of sp³-hybridized carbons (Fsp3) is 0.143. The number of nitrogens with two attached hydrogens (primary N) is 1. The van der Waals surface area contributed by atoms with Crippen molar-refractivity contribution in [1.82, 2.24) is 0 Å². The second-order valence-electron chi connectivity index (χ2n) is 3.99. The summed E-state index contributed by atoms with van der Waals surface area (Å²) in [6.07, 6.45) is 0.915. The van der Waals surface area contributed by atoms with E-state index in [1.54, 1.807) is 0 Å². The molecule has 0 aliphatic rings. The van der Waals surface area contributed by atoms with E-state index in [9.17, 15) is 0 Å². The van der Waals surface area contributed by atoms with E-state index >= 15 is 0 Å². The summed E-state index contributed by atoms with van der Waals surface area (Å²) < 4.78 is 0. The van der Waals surface area contributed by atoms with Gasteiger partial charge in [-0.2, -0.15) is 0 Å². The van der Waals surface area contributed by atoms with Crippen molar-refractivity contribution in [3.05, 3.63) is 64.2 Å². The molecular formula is C14H14ClN. The quantitative estimate of drug-likeness (QED) is 0.782. The highest BCUT2D eigenvalue weighted by molar-refractivity contribution is 6.30. The first-order valence-electron chi connectivity index (χ1n) is 5.24. The number of aryl methyl sites for hydroxylation is 1. The Kier molecular flexibility index (Phi) is 3.16. The Morgan fingerprint density at radius 3 is 2.25 bits per heavy atom. The van der Waals surface area contributed by atoms with Crippen LogP contribution in [0.5, 0.6) is 0 Å². The molecule has 0 saturated carbocycles. The van der Waals surface area contributed by atoms with Gasteiger partial charge in [-0.05, 0) is 48.2 Å². The summed E-state index contributed by atoms with van der Waals surface area (Å²) in [5.74, 6) is 0. The van der Waals surface area contributed by atoms with Gasteiger partial charge in [-0.15, -0.1) is 0 Å². The van der Waals surface area contributed by atoms with Crippen molar-refractivity contribution in [2.75, 3.05) is 5.73 Å². The van der Waals surface area contributed by atoms with Crippen LogP contribution in [0.3, 0.4) is 0 Å². The zero-order valence-electron chi connectivity index (χ0n) is 9.20. The van der Waals surface area contributed by atoms with E-state index in [0.717, 1.165) is 22.7 Å². The number of benzene rings is 2. The third kappa shape index (κ3) is 2.56. The molecule has 82 valence electrons. The van der Waals surface area contributed by atoms with Gasteiger partial charge in [0.1, 0.15) is 0 Å². The van der Waals surface area contributed by atoms with E-state index < -0.39 is 0 Å². The minimum absolute atomic E-state index is 0.775. The van der Waals surface area contributed by atoms with Gasteiger partial charge in [0.25, 0.3) is 0 Å². The van der Waals surface area contributed by atoms with Gasteiger partial charge < -0.3 is 5.73 Å². The summed E-state index contributed by atoms with van der Waals surface area (Å²) >= 11 is 5.84. The maximum Gasteiger partial charge on any atom is 0.0406 e. The smallest absolute Gasteiger partial charge is 0.0406 e. The standard InChI is InChI=1S/C14H14ClN/c1-10-8-12(4-7-14(10)16)9-11-2-5-13(15)6-3-11/h2-8H,9,16H2,1H3. The molecule has 0 unspecified atom stereocenters. The Bertz CT molecular complexity index is 489. The predicted molar refractivity (Wildman–Crippen MR) is 69.8 cm³/mol. The van der Waals surface area contributed by atoms with Crippen LogP contribution in [0.2, 0.25) is 5.02 Å². The molecule has 2 rings (SSSR count). The van der Waals surface area contributed by atoms with E-state index in [4.69, 9.17) is 17.3 Å². The van der Waals surface area contributed by atoms with Gasteiger partial charge >= 0.3 is 0 Å². The first-order chi connectivity index (χ1) is 7.65. The Morgan fingerprint density at radius 1 is 1.00 bits per heavy atom. The average molecular weight is 232 g/mol. The van der Waals surface area contributed by atoms with Crippen LogP contribution in [-0.2, 0) is 6.42 Å².